The van der Waals surface area contributed by atoms with E-state index in [-0.39, 0.29) is 6.10 Å². The molecule has 72 valence electrons. The lowest BCUT2D eigenvalue weighted by Crippen LogP contribution is -2.35. The first kappa shape index (κ1) is 8.72. The summed E-state index contributed by atoms with van der Waals surface area (Å²) in [5.74, 6) is 1.01. The highest BCUT2D eigenvalue weighted by Gasteiger charge is 2.17. The van der Waals surface area contributed by atoms with Crippen LogP contribution in [0.5, 0.6) is 0 Å². The first-order valence-electron chi connectivity index (χ1n) is 4.73. The lowest BCUT2D eigenvalue weighted by atomic mass is 10.1. The van der Waals surface area contributed by atoms with E-state index in [9.17, 15) is 5.11 Å². The maximum Gasteiger partial charge on any atom is 0.120 e. The quantitative estimate of drug-likeness (QED) is 0.693. The Bertz CT molecular complexity index is 239. The molecule has 0 aromatic carbocycles. The smallest absolute Gasteiger partial charge is 0.120 e. The highest BCUT2D eigenvalue weighted by Crippen LogP contribution is 2.11. The van der Waals surface area contributed by atoms with Crippen molar-refractivity contribution in [1.82, 2.24) is 14.9 Å². The van der Waals surface area contributed by atoms with E-state index in [2.05, 4.69) is 14.9 Å². The molecule has 4 heteroatoms. The van der Waals surface area contributed by atoms with Crippen LogP contribution in [0.15, 0.2) is 12.4 Å². The Hall–Kier alpha value is -0.870. The van der Waals surface area contributed by atoms with Crippen molar-refractivity contribution in [3.8, 4) is 0 Å². The number of rotatable bonds is 2. The Morgan fingerprint density at radius 3 is 2.92 bits per heavy atom. The molecule has 0 saturated carbocycles. The van der Waals surface area contributed by atoms with E-state index in [1.807, 2.05) is 6.20 Å². The van der Waals surface area contributed by atoms with E-state index in [1.54, 1.807) is 6.20 Å². The average molecular weight is 181 g/mol. The van der Waals surface area contributed by atoms with Crippen molar-refractivity contribution in [2.75, 3.05) is 13.1 Å². The molecule has 0 amide bonds. The molecule has 0 radical (unpaired) electrons. The minimum absolute atomic E-state index is 0.0900. The van der Waals surface area contributed by atoms with Crippen LogP contribution in [-0.4, -0.2) is 39.2 Å². The highest BCUT2D eigenvalue weighted by molar-refractivity contribution is 4.87. The fourth-order valence-electron chi connectivity index (χ4n) is 1.67. The number of hydrogen-bond donors (Lipinski definition) is 2. The number of aliphatic hydroxyl groups is 1. The van der Waals surface area contributed by atoms with E-state index in [0.29, 0.717) is 0 Å². The first-order valence-corrected chi connectivity index (χ1v) is 4.73. The third-order valence-electron chi connectivity index (χ3n) is 2.49. The monoisotopic (exact) mass is 181 g/mol. The van der Waals surface area contributed by atoms with Gasteiger partial charge in [-0.25, -0.2) is 4.98 Å². The van der Waals surface area contributed by atoms with Gasteiger partial charge in [0.15, 0.2) is 0 Å². The Balaban J connectivity index is 1.83. The van der Waals surface area contributed by atoms with Crippen LogP contribution in [0.2, 0.25) is 0 Å². The Kier molecular flexibility index (Phi) is 2.61. The van der Waals surface area contributed by atoms with Crippen LogP contribution in [-0.2, 0) is 6.54 Å². The number of hydrogen-bond acceptors (Lipinski definition) is 3. The first-order chi connectivity index (χ1) is 6.34. The summed E-state index contributed by atoms with van der Waals surface area (Å²) in [6.45, 7) is 2.82. The molecule has 1 aromatic heterocycles. The van der Waals surface area contributed by atoms with Gasteiger partial charge in [-0.1, -0.05) is 0 Å². The minimum Gasteiger partial charge on any atom is -0.393 e. The molecular formula is C9H15N3O. The van der Waals surface area contributed by atoms with Crippen LogP contribution >= 0.6 is 0 Å². The van der Waals surface area contributed by atoms with Crippen LogP contribution in [0.4, 0.5) is 0 Å². The summed E-state index contributed by atoms with van der Waals surface area (Å²) >= 11 is 0. The molecule has 2 N–H and O–H groups in total. The van der Waals surface area contributed by atoms with Gasteiger partial charge in [-0.05, 0) is 12.8 Å². The molecule has 1 aromatic rings. The van der Waals surface area contributed by atoms with Crippen molar-refractivity contribution in [1.29, 1.82) is 0 Å². The fraction of sp³-hybridized carbons (Fsp3) is 0.667. The number of likely N-dealkylation sites (tertiary alicyclic amines) is 1. The van der Waals surface area contributed by atoms with E-state index in [4.69, 9.17) is 0 Å². The van der Waals surface area contributed by atoms with Crippen LogP contribution in [0, 0.1) is 0 Å². The number of imidazole rings is 1. The second-order valence-electron chi connectivity index (χ2n) is 3.54. The molecule has 2 heterocycles. The molecule has 13 heavy (non-hydrogen) atoms. The van der Waals surface area contributed by atoms with Crippen molar-refractivity contribution < 1.29 is 5.11 Å². The number of nitrogens with zero attached hydrogens (tertiary/aromatic N) is 2. The molecular weight excluding hydrogens is 166 g/mol. The van der Waals surface area contributed by atoms with Crippen LogP contribution in [0.25, 0.3) is 0 Å². The van der Waals surface area contributed by atoms with E-state index >= 15 is 0 Å². The molecule has 1 saturated heterocycles. The molecule has 0 unspecified atom stereocenters. The summed E-state index contributed by atoms with van der Waals surface area (Å²) in [7, 11) is 0. The van der Waals surface area contributed by atoms with Gasteiger partial charge >= 0.3 is 0 Å². The predicted molar refractivity (Wildman–Crippen MR) is 49.1 cm³/mol. The van der Waals surface area contributed by atoms with Gasteiger partial charge in [-0.2, -0.15) is 0 Å². The van der Waals surface area contributed by atoms with Gasteiger partial charge in [0, 0.05) is 25.5 Å². The van der Waals surface area contributed by atoms with Gasteiger partial charge in [0.25, 0.3) is 0 Å². The molecule has 0 atom stereocenters. The topological polar surface area (TPSA) is 52.1 Å². The Morgan fingerprint density at radius 1 is 1.54 bits per heavy atom. The number of nitrogens with one attached hydrogen (secondary N) is 1. The van der Waals surface area contributed by atoms with Crippen molar-refractivity contribution in [2.24, 2.45) is 0 Å². The van der Waals surface area contributed by atoms with Gasteiger partial charge in [0.05, 0.1) is 12.6 Å². The molecule has 2 rings (SSSR count). The maximum atomic E-state index is 9.30. The minimum atomic E-state index is -0.0900. The van der Waals surface area contributed by atoms with Crippen molar-refractivity contribution in [3.63, 3.8) is 0 Å². The molecule has 0 spiro atoms. The van der Waals surface area contributed by atoms with Gasteiger partial charge in [-0.3, -0.25) is 4.90 Å². The number of H-pyrrole nitrogens is 1. The summed E-state index contributed by atoms with van der Waals surface area (Å²) in [6.07, 6.45) is 5.30. The third-order valence-corrected chi connectivity index (χ3v) is 2.49. The van der Waals surface area contributed by atoms with Gasteiger partial charge in [0.1, 0.15) is 5.82 Å². The van der Waals surface area contributed by atoms with Crippen LogP contribution in [0.1, 0.15) is 18.7 Å². The Labute approximate surface area is 77.6 Å². The standard InChI is InChI=1S/C9H15N3O/c13-8-1-5-12(6-2-8)7-9-10-3-4-11-9/h3-4,8,13H,1-2,5-7H2,(H,10,11). The molecule has 4 nitrogen and oxygen atoms in total. The molecule has 1 aliphatic rings. The molecule has 0 bridgehead atoms. The summed E-state index contributed by atoms with van der Waals surface area (Å²) in [4.78, 5) is 9.56. The van der Waals surface area contributed by atoms with Crippen molar-refractivity contribution >= 4 is 0 Å². The summed E-state index contributed by atoms with van der Waals surface area (Å²) in [5, 5.41) is 9.30. The van der Waals surface area contributed by atoms with E-state index in [1.165, 1.54) is 0 Å². The zero-order valence-electron chi connectivity index (χ0n) is 7.61. The third kappa shape index (κ3) is 2.29. The number of piperidine rings is 1. The predicted octanol–water partition coefficient (Wildman–Crippen LogP) is 0.366. The van der Waals surface area contributed by atoms with E-state index < -0.39 is 0 Å². The van der Waals surface area contributed by atoms with E-state index in [0.717, 1.165) is 38.3 Å². The average Bonchev–Trinajstić information content (AvgIpc) is 2.62. The summed E-state index contributed by atoms with van der Waals surface area (Å²) < 4.78 is 0. The normalized spacial score (nSPS) is 20.7. The lowest BCUT2D eigenvalue weighted by Gasteiger charge is -2.28. The van der Waals surface area contributed by atoms with Gasteiger partial charge in [0.2, 0.25) is 0 Å². The number of aromatic amines is 1. The second-order valence-corrected chi connectivity index (χ2v) is 3.54. The summed E-state index contributed by atoms with van der Waals surface area (Å²) in [5.41, 5.74) is 0. The van der Waals surface area contributed by atoms with Crippen LogP contribution < -0.4 is 0 Å². The zero-order chi connectivity index (χ0) is 9.10. The lowest BCUT2D eigenvalue weighted by molar-refractivity contribution is 0.0781. The number of aliphatic hydroxyl groups excluding tert-OH is 1. The zero-order valence-corrected chi connectivity index (χ0v) is 7.61. The largest absolute Gasteiger partial charge is 0.393 e. The summed E-state index contributed by atoms with van der Waals surface area (Å²) in [6, 6.07) is 0. The molecule has 0 aliphatic carbocycles. The highest BCUT2D eigenvalue weighted by atomic mass is 16.3. The second kappa shape index (κ2) is 3.89. The fourth-order valence-corrected chi connectivity index (χ4v) is 1.67. The number of aromatic nitrogens is 2. The Morgan fingerprint density at radius 2 is 2.31 bits per heavy atom. The van der Waals surface area contributed by atoms with Crippen LogP contribution in [0.3, 0.4) is 0 Å². The van der Waals surface area contributed by atoms with Crippen molar-refractivity contribution in [3.05, 3.63) is 18.2 Å². The molecule has 1 aliphatic heterocycles. The SMILES string of the molecule is OC1CCN(Cc2ncc[nH]2)CC1. The van der Waals surface area contributed by atoms with Crippen molar-refractivity contribution in [2.45, 2.75) is 25.5 Å². The maximum absolute atomic E-state index is 9.30. The van der Waals surface area contributed by atoms with Gasteiger partial charge < -0.3 is 10.1 Å². The molecule has 1 fully saturated rings. The van der Waals surface area contributed by atoms with Gasteiger partial charge in [-0.15, -0.1) is 0 Å².